The molecule has 0 aliphatic carbocycles. The number of nitrogens with two attached hydrogens (primary N) is 1. The number of pyridine rings is 1. The zero-order chi connectivity index (χ0) is 14.1. The van der Waals surface area contributed by atoms with Gasteiger partial charge in [-0.1, -0.05) is 18.2 Å². The summed E-state index contributed by atoms with van der Waals surface area (Å²) in [6.45, 7) is 2.47. The number of rotatable bonds is 3. The molecule has 0 amide bonds. The van der Waals surface area contributed by atoms with Crippen LogP contribution in [0.1, 0.15) is 22.5 Å². The quantitative estimate of drug-likeness (QED) is 0.794. The molecule has 4 heteroatoms. The summed E-state index contributed by atoms with van der Waals surface area (Å²) in [6.07, 6.45) is 2.70. The highest BCUT2D eigenvalue weighted by Gasteiger charge is 2.11. The predicted octanol–water partition coefficient (Wildman–Crippen LogP) is 2.83. The van der Waals surface area contributed by atoms with E-state index in [4.69, 9.17) is 5.73 Å². The Labute approximate surface area is 116 Å². The smallest absolute Gasteiger partial charge is 0.137 e. The molecular formula is C16H16FN3. The van der Waals surface area contributed by atoms with E-state index in [1.807, 2.05) is 29.7 Å². The van der Waals surface area contributed by atoms with Gasteiger partial charge in [-0.05, 0) is 36.2 Å². The normalized spacial score (nSPS) is 11.2. The lowest BCUT2D eigenvalue weighted by Crippen LogP contribution is -2.05. The van der Waals surface area contributed by atoms with Crippen molar-refractivity contribution >= 4 is 5.65 Å². The standard InChI is InChI=1S/C16H16FN3/c1-11-2-7-16-19-14(15(9-18)20(16)10-11)8-12-3-5-13(17)6-4-12/h2-7,10H,8-9,18H2,1H3. The van der Waals surface area contributed by atoms with Gasteiger partial charge in [-0.3, -0.25) is 0 Å². The molecule has 3 nitrogen and oxygen atoms in total. The number of halogens is 1. The van der Waals surface area contributed by atoms with Crippen LogP contribution in [0.3, 0.4) is 0 Å². The van der Waals surface area contributed by atoms with Crippen molar-refractivity contribution in [1.82, 2.24) is 9.38 Å². The van der Waals surface area contributed by atoms with Crippen LogP contribution in [0.25, 0.3) is 5.65 Å². The third-order valence-corrected chi connectivity index (χ3v) is 3.43. The van der Waals surface area contributed by atoms with E-state index >= 15 is 0 Å². The molecular weight excluding hydrogens is 253 g/mol. The van der Waals surface area contributed by atoms with Gasteiger partial charge in [0.05, 0.1) is 11.4 Å². The topological polar surface area (TPSA) is 43.3 Å². The number of hydrogen-bond acceptors (Lipinski definition) is 2. The third-order valence-electron chi connectivity index (χ3n) is 3.43. The Hall–Kier alpha value is -2.20. The minimum absolute atomic E-state index is 0.224. The fourth-order valence-electron chi connectivity index (χ4n) is 2.40. The van der Waals surface area contributed by atoms with Crippen LogP contribution in [0.5, 0.6) is 0 Å². The average Bonchev–Trinajstić information content (AvgIpc) is 2.78. The first kappa shape index (κ1) is 12.8. The van der Waals surface area contributed by atoms with Gasteiger partial charge in [0.15, 0.2) is 0 Å². The summed E-state index contributed by atoms with van der Waals surface area (Å²) in [7, 11) is 0. The molecule has 0 saturated carbocycles. The predicted molar refractivity (Wildman–Crippen MR) is 77.0 cm³/mol. The van der Waals surface area contributed by atoms with Crippen LogP contribution in [-0.4, -0.2) is 9.38 Å². The maximum Gasteiger partial charge on any atom is 0.137 e. The molecule has 0 fully saturated rings. The van der Waals surface area contributed by atoms with Crippen molar-refractivity contribution in [1.29, 1.82) is 0 Å². The molecule has 2 heterocycles. The Bertz CT molecular complexity index is 744. The summed E-state index contributed by atoms with van der Waals surface area (Å²) < 4.78 is 15.0. The fourth-order valence-corrected chi connectivity index (χ4v) is 2.40. The lowest BCUT2D eigenvalue weighted by molar-refractivity contribution is 0.627. The monoisotopic (exact) mass is 269 g/mol. The van der Waals surface area contributed by atoms with Crippen LogP contribution in [0, 0.1) is 12.7 Å². The Morgan fingerprint density at radius 3 is 2.60 bits per heavy atom. The van der Waals surface area contributed by atoms with Crippen molar-refractivity contribution in [2.45, 2.75) is 19.9 Å². The van der Waals surface area contributed by atoms with Crippen molar-refractivity contribution in [3.63, 3.8) is 0 Å². The molecule has 0 aliphatic rings. The van der Waals surface area contributed by atoms with E-state index in [1.54, 1.807) is 12.1 Å². The Balaban J connectivity index is 2.04. The summed E-state index contributed by atoms with van der Waals surface area (Å²) in [5.74, 6) is -0.224. The molecule has 0 radical (unpaired) electrons. The van der Waals surface area contributed by atoms with E-state index in [0.29, 0.717) is 13.0 Å². The lowest BCUT2D eigenvalue weighted by atomic mass is 10.1. The highest BCUT2D eigenvalue weighted by atomic mass is 19.1. The second-order valence-electron chi connectivity index (χ2n) is 4.95. The number of aryl methyl sites for hydroxylation is 1. The number of imidazole rings is 1. The largest absolute Gasteiger partial charge is 0.325 e. The molecule has 0 saturated heterocycles. The van der Waals surface area contributed by atoms with Crippen LogP contribution in [0.15, 0.2) is 42.6 Å². The van der Waals surface area contributed by atoms with Gasteiger partial charge in [-0.2, -0.15) is 0 Å². The van der Waals surface area contributed by atoms with E-state index in [9.17, 15) is 4.39 Å². The summed E-state index contributed by atoms with van der Waals surface area (Å²) in [6, 6.07) is 10.5. The molecule has 3 aromatic rings. The van der Waals surface area contributed by atoms with E-state index in [-0.39, 0.29) is 5.82 Å². The molecule has 20 heavy (non-hydrogen) atoms. The van der Waals surface area contributed by atoms with Gasteiger partial charge in [0, 0.05) is 19.2 Å². The van der Waals surface area contributed by atoms with Gasteiger partial charge in [-0.25, -0.2) is 9.37 Å². The number of hydrogen-bond donors (Lipinski definition) is 1. The van der Waals surface area contributed by atoms with Crippen LogP contribution < -0.4 is 5.73 Å². The minimum atomic E-state index is -0.224. The van der Waals surface area contributed by atoms with Crippen molar-refractivity contribution in [3.8, 4) is 0 Å². The summed E-state index contributed by atoms with van der Waals surface area (Å²) in [5, 5.41) is 0. The summed E-state index contributed by atoms with van der Waals surface area (Å²) in [5.41, 5.74) is 10.9. The number of nitrogens with zero attached hydrogens (tertiary/aromatic N) is 2. The average molecular weight is 269 g/mol. The van der Waals surface area contributed by atoms with Crippen molar-refractivity contribution in [2.24, 2.45) is 5.73 Å². The van der Waals surface area contributed by atoms with Crippen LogP contribution in [-0.2, 0) is 13.0 Å². The Morgan fingerprint density at radius 2 is 1.90 bits per heavy atom. The van der Waals surface area contributed by atoms with Gasteiger partial charge in [0.2, 0.25) is 0 Å². The van der Waals surface area contributed by atoms with Crippen LogP contribution >= 0.6 is 0 Å². The van der Waals surface area contributed by atoms with Gasteiger partial charge < -0.3 is 10.1 Å². The van der Waals surface area contributed by atoms with Gasteiger partial charge in [0.1, 0.15) is 11.5 Å². The minimum Gasteiger partial charge on any atom is -0.325 e. The maximum atomic E-state index is 12.9. The fraction of sp³-hybridized carbons (Fsp3) is 0.188. The Kier molecular flexibility index (Phi) is 3.24. The molecule has 0 unspecified atom stereocenters. The summed E-state index contributed by atoms with van der Waals surface area (Å²) >= 11 is 0. The summed E-state index contributed by atoms with van der Waals surface area (Å²) in [4.78, 5) is 4.63. The molecule has 2 aromatic heterocycles. The molecule has 0 spiro atoms. The van der Waals surface area contributed by atoms with Gasteiger partial charge in [0.25, 0.3) is 0 Å². The SMILES string of the molecule is Cc1ccc2nc(Cc3ccc(F)cc3)c(CN)n2c1. The molecule has 0 bridgehead atoms. The number of aromatic nitrogens is 2. The zero-order valence-corrected chi connectivity index (χ0v) is 11.3. The van der Waals surface area contributed by atoms with Gasteiger partial charge >= 0.3 is 0 Å². The third kappa shape index (κ3) is 2.30. The van der Waals surface area contributed by atoms with E-state index in [1.165, 1.54) is 12.1 Å². The highest BCUT2D eigenvalue weighted by molar-refractivity contribution is 5.45. The zero-order valence-electron chi connectivity index (χ0n) is 11.3. The van der Waals surface area contributed by atoms with E-state index in [0.717, 1.165) is 28.2 Å². The van der Waals surface area contributed by atoms with Gasteiger partial charge in [-0.15, -0.1) is 0 Å². The highest BCUT2D eigenvalue weighted by Crippen LogP contribution is 2.17. The molecule has 1 aromatic carbocycles. The van der Waals surface area contributed by atoms with Crippen molar-refractivity contribution in [2.75, 3.05) is 0 Å². The molecule has 2 N–H and O–H groups in total. The number of benzene rings is 1. The second-order valence-corrected chi connectivity index (χ2v) is 4.95. The molecule has 0 atom stereocenters. The van der Waals surface area contributed by atoms with E-state index < -0.39 is 0 Å². The molecule has 0 aliphatic heterocycles. The molecule has 3 rings (SSSR count). The second kappa shape index (κ2) is 5.06. The van der Waals surface area contributed by atoms with Crippen molar-refractivity contribution in [3.05, 3.63) is 70.9 Å². The van der Waals surface area contributed by atoms with Crippen molar-refractivity contribution < 1.29 is 4.39 Å². The first-order valence-corrected chi connectivity index (χ1v) is 6.58. The van der Waals surface area contributed by atoms with Crippen LogP contribution in [0.2, 0.25) is 0 Å². The first-order valence-electron chi connectivity index (χ1n) is 6.58. The van der Waals surface area contributed by atoms with Crippen LogP contribution in [0.4, 0.5) is 4.39 Å². The molecule has 102 valence electrons. The number of fused-ring (bicyclic) bond motifs is 1. The first-order chi connectivity index (χ1) is 9.67. The van der Waals surface area contributed by atoms with E-state index in [2.05, 4.69) is 4.98 Å². The maximum absolute atomic E-state index is 12.9. The lowest BCUT2D eigenvalue weighted by Gasteiger charge is -2.03. The Morgan fingerprint density at radius 1 is 1.15 bits per heavy atom.